The number of hydrogen-bond acceptors (Lipinski definition) is 4. The minimum absolute atomic E-state index is 0.00303. The zero-order chi connectivity index (χ0) is 15.2. The molecular weight excluding hydrogens is 272 g/mol. The predicted octanol–water partition coefficient (Wildman–Crippen LogP) is 2.53. The fraction of sp³-hybridized carbons (Fsp3) is 0.600. The molecule has 0 aliphatic rings. The smallest absolute Gasteiger partial charge is 0.150 e. The van der Waals surface area contributed by atoms with Gasteiger partial charge in [0.2, 0.25) is 0 Å². The Morgan fingerprint density at radius 3 is 2.15 bits per heavy atom. The van der Waals surface area contributed by atoms with Gasteiger partial charge in [-0.15, -0.1) is 0 Å². The average Bonchev–Trinajstić information content (AvgIpc) is 2.44. The van der Waals surface area contributed by atoms with Crippen molar-refractivity contribution in [1.29, 1.82) is 0 Å². The molecule has 0 radical (unpaired) electrons. The monoisotopic (exact) mass is 298 g/mol. The van der Waals surface area contributed by atoms with E-state index in [9.17, 15) is 8.42 Å². The average molecular weight is 298 g/mol. The van der Waals surface area contributed by atoms with Crippen molar-refractivity contribution in [3.63, 3.8) is 0 Å². The molecule has 0 heterocycles. The molecule has 4 nitrogen and oxygen atoms in total. The van der Waals surface area contributed by atoms with Gasteiger partial charge in [0.25, 0.3) is 0 Å². The maximum atomic E-state index is 11.5. The van der Waals surface area contributed by atoms with Crippen molar-refractivity contribution >= 4 is 9.84 Å². The third-order valence-electron chi connectivity index (χ3n) is 3.59. The van der Waals surface area contributed by atoms with Crippen LogP contribution in [0.1, 0.15) is 56.7 Å². The first kappa shape index (κ1) is 17.1. The fourth-order valence-corrected chi connectivity index (χ4v) is 3.01. The summed E-state index contributed by atoms with van der Waals surface area (Å²) in [4.78, 5) is 0. The van der Waals surface area contributed by atoms with Crippen molar-refractivity contribution in [2.24, 2.45) is 5.84 Å². The molecule has 3 N–H and O–H groups in total. The first-order valence-electron chi connectivity index (χ1n) is 7.16. The van der Waals surface area contributed by atoms with Gasteiger partial charge in [-0.25, -0.2) is 8.42 Å². The number of hydrazine groups is 1. The van der Waals surface area contributed by atoms with Crippen molar-refractivity contribution in [1.82, 2.24) is 5.43 Å². The molecule has 0 spiro atoms. The van der Waals surface area contributed by atoms with Crippen LogP contribution < -0.4 is 11.3 Å². The molecule has 0 bridgehead atoms. The highest BCUT2D eigenvalue weighted by Gasteiger charge is 2.13. The number of hydrogen-bond donors (Lipinski definition) is 2. The summed E-state index contributed by atoms with van der Waals surface area (Å²) in [5.74, 6) is 6.52. The molecule has 1 aromatic carbocycles. The van der Waals surface area contributed by atoms with Crippen LogP contribution >= 0.6 is 0 Å². The Kier molecular flexibility index (Phi) is 6.65. The maximum Gasteiger partial charge on any atom is 0.150 e. The summed E-state index contributed by atoms with van der Waals surface area (Å²) < 4.78 is 22.9. The maximum absolute atomic E-state index is 11.5. The van der Waals surface area contributed by atoms with Crippen molar-refractivity contribution < 1.29 is 8.42 Å². The largest absolute Gasteiger partial charge is 0.271 e. The molecule has 114 valence electrons. The molecular formula is C15H26N2O2S. The highest BCUT2D eigenvalue weighted by Crippen LogP contribution is 2.21. The Morgan fingerprint density at radius 1 is 1.15 bits per heavy atom. The standard InChI is InChI=1S/C15H26N2O2S/c1-4-20(18,19)11-5-6-15(17-16)14-9-7-13(8-10-14)12(2)3/h7-10,12,15,17H,4-6,11,16H2,1-3H3. The van der Waals surface area contributed by atoms with Gasteiger partial charge in [0.05, 0.1) is 5.75 Å². The van der Waals surface area contributed by atoms with Gasteiger partial charge in [0.1, 0.15) is 9.84 Å². The van der Waals surface area contributed by atoms with Gasteiger partial charge in [-0.05, 0) is 29.9 Å². The van der Waals surface area contributed by atoms with Gasteiger partial charge < -0.3 is 0 Å². The number of benzene rings is 1. The van der Waals surface area contributed by atoms with Gasteiger partial charge in [-0.1, -0.05) is 45.0 Å². The summed E-state index contributed by atoms with van der Waals surface area (Å²) in [6, 6.07) is 8.34. The lowest BCUT2D eigenvalue weighted by atomic mass is 9.97. The Hall–Kier alpha value is -0.910. The van der Waals surface area contributed by atoms with Gasteiger partial charge >= 0.3 is 0 Å². The summed E-state index contributed by atoms with van der Waals surface area (Å²) in [5.41, 5.74) is 5.17. The second-order valence-corrected chi connectivity index (χ2v) is 7.89. The fourth-order valence-electron chi connectivity index (χ4n) is 2.11. The van der Waals surface area contributed by atoms with Gasteiger partial charge in [-0.2, -0.15) is 0 Å². The molecule has 1 atom stereocenters. The van der Waals surface area contributed by atoms with Crippen LogP contribution in [0.4, 0.5) is 0 Å². The molecule has 0 saturated carbocycles. The topological polar surface area (TPSA) is 72.2 Å². The first-order chi connectivity index (χ1) is 9.39. The Morgan fingerprint density at radius 2 is 1.70 bits per heavy atom. The highest BCUT2D eigenvalue weighted by molar-refractivity contribution is 7.91. The molecule has 0 aliphatic heterocycles. The molecule has 0 aliphatic carbocycles. The van der Waals surface area contributed by atoms with Crippen LogP contribution in [-0.4, -0.2) is 19.9 Å². The normalized spacial score (nSPS) is 13.7. The first-order valence-corrected chi connectivity index (χ1v) is 8.98. The minimum Gasteiger partial charge on any atom is -0.271 e. The minimum atomic E-state index is -2.89. The molecule has 20 heavy (non-hydrogen) atoms. The van der Waals surface area contributed by atoms with E-state index < -0.39 is 9.84 Å². The molecule has 0 saturated heterocycles. The molecule has 1 aromatic rings. The van der Waals surface area contributed by atoms with E-state index in [0.29, 0.717) is 12.3 Å². The number of nitrogens with one attached hydrogen (secondary N) is 1. The van der Waals surface area contributed by atoms with Gasteiger partial charge in [0, 0.05) is 11.8 Å². The van der Waals surface area contributed by atoms with Crippen LogP contribution in [0.15, 0.2) is 24.3 Å². The van der Waals surface area contributed by atoms with Gasteiger partial charge in [-0.3, -0.25) is 11.3 Å². The molecule has 1 rings (SSSR count). The third kappa shape index (κ3) is 5.23. The van der Waals surface area contributed by atoms with E-state index in [2.05, 4.69) is 43.5 Å². The quantitative estimate of drug-likeness (QED) is 0.571. The summed E-state index contributed by atoms with van der Waals surface area (Å²) in [6.07, 6.45) is 1.34. The van der Waals surface area contributed by atoms with Crippen LogP contribution in [0.3, 0.4) is 0 Å². The second kappa shape index (κ2) is 7.76. The molecule has 0 aromatic heterocycles. The van der Waals surface area contributed by atoms with Crippen molar-refractivity contribution in [2.45, 2.75) is 45.6 Å². The lowest BCUT2D eigenvalue weighted by molar-refractivity contribution is 0.507. The summed E-state index contributed by atoms with van der Waals surface area (Å²) in [6.45, 7) is 5.99. The second-order valence-electron chi connectivity index (χ2n) is 5.42. The highest BCUT2D eigenvalue weighted by atomic mass is 32.2. The van der Waals surface area contributed by atoms with E-state index >= 15 is 0 Å². The number of sulfone groups is 1. The van der Waals surface area contributed by atoms with Crippen LogP contribution in [0.25, 0.3) is 0 Å². The summed E-state index contributed by atoms with van der Waals surface area (Å²) in [5, 5.41) is 0. The zero-order valence-corrected chi connectivity index (χ0v) is 13.4. The lowest BCUT2D eigenvalue weighted by Gasteiger charge is -2.17. The van der Waals surface area contributed by atoms with Gasteiger partial charge in [0.15, 0.2) is 0 Å². The molecule has 0 amide bonds. The molecule has 1 unspecified atom stereocenters. The van der Waals surface area contributed by atoms with Crippen LogP contribution in [-0.2, 0) is 9.84 Å². The SMILES string of the molecule is CCS(=O)(=O)CCCC(NN)c1ccc(C(C)C)cc1. The van der Waals surface area contributed by atoms with Crippen molar-refractivity contribution in [3.05, 3.63) is 35.4 Å². The number of rotatable bonds is 8. The van der Waals surface area contributed by atoms with Crippen LogP contribution in [0.5, 0.6) is 0 Å². The van der Waals surface area contributed by atoms with E-state index in [0.717, 1.165) is 12.0 Å². The molecule has 0 fully saturated rings. The van der Waals surface area contributed by atoms with E-state index in [1.165, 1.54) is 5.56 Å². The molecule has 5 heteroatoms. The number of nitrogens with two attached hydrogens (primary N) is 1. The van der Waals surface area contributed by atoms with Crippen molar-refractivity contribution in [2.75, 3.05) is 11.5 Å². The van der Waals surface area contributed by atoms with E-state index in [4.69, 9.17) is 5.84 Å². The Balaban J connectivity index is 2.62. The summed E-state index contributed by atoms with van der Waals surface area (Å²) >= 11 is 0. The van der Waals surface area contributed by atoms with Crippen LogP contribution in [0, 0.1) is 0 Å². The Bertz CT molecular complexity index is 495. The van der Waals surface area contributed by atoms with Crippen LogP contribution in [0.2, 0.25) is 0 Å². The van der Waals surface area contributed by atoms with Crippen molar-refractivity contribution in [3.8, 4) is 0 Å². The third-order valence-corrected chi connectivity index (χ3v) is 5.38. The zero-order valence-electron chi connectivity index (χ0n) is 12.6. The lowest BCUT2D eigenvalue weighted by Crippen LogP contribution is -2.28. The Labute approximate surface area is 122 Å². The van der Waals surface area contributed by atoms with E-state index in [1.54, 1.807) is 6.92 Å². The summed E-state index contributed by atoms with van der Waals surface area (Å²) in [7, 11) is -2.89. The predicted molar refractivity (Wildman–Crippen MR) is 84.2 cm³/mol. The van der Waals surface area contributed by atoms with E-state index in [-0.39, 0.29) is 17.5 Å². The van der Waals surface area contributed by atoms with E-state index in [1.807, 2.05) is 0 Å².